The van der Waals surface area contributed by atoms with Gasteiger partial charge in [0.1, 0.15) is 0 Å². The fourth-order valence-corrected chi connectivity index (χ4v) is 3.05. The lowest BCUT2D eigenvalue weighted by Crippen LogP contribution is -2.05. The van der Waals surface area contributed by atoms with Crippen LogP contribution in [0.5, 0.6) is 0 Å². The van der Waals surface area contributed by atoms with Crippen molar-refractivity contribution in [3.05, 3.63) is 30.9 Å². The quantitative estimate of drug-likeness (QED) is 0.371. The maximum atomic E-state index is 5.34. The number of aromatic nitrogens is 1. The van der Waals surface area contributed by atoms with Crippen LogP contribution in [0.25, 0.3) is 10.2 Å². The second-order valence-corrected chi connectivity index (χ2v) is 5.20. The van der Waals surface area contributed by atoms with Gasteiger partial charge >= 0.3 is 0 Å². The van der Waals surface area contributed by atoms with Crippen LogP contribution in [0.15, 0.2) is 35.2 Å². The summed E-state index contributed by atoms with van der Waals surface area (Å²) in [6, 6.07) is 5.90. The molecule has 3 N–H and O–H groups in total. The summed E-state index contributed by atoms with van der Waals surface area (Å²) in [5, 5.41) is 0. The van der Waals surface area contributed by atoms with Crippen LogP contribution >= 0.6 is 23.1 Å². The van der Waals surface area contributed by atoms with E-state index in [1.54, 1.807) is 23.1 Å². The third kappa shape index (κ3) is 2.31. The molecule has 0 saturated carbocycles. The molecule has 1 aromatic heterocycles. The SMILES string of the molecule is C=CCSc1nc2ccc(NN)cc2s1. The number of anilines is 1. The molecule has 0 amide bonds. The number of thiazole rings is 1. The number of hydrazine groups is 1. The zero-order valence-electron chi connectivity index (χ0n) is 8.06. The number of nitrogens with zero attached hydrogens (tertiary/aromatic N) is 1. The van der Waals surface area contributed by atoms with E-state index in [0.29, 0.717) is 0 Å². The third-order valence-electron chi connectivity index (χ3n) is 1.86. The Morgan fingerprint density at radius 2 is 2.47 bits per heavy atom. The molecule has 0 aliphatic rings. The Morgan fingerprint density at radius 1 is 1.60 bits per heavy atom. The summed E-state index contributed by atoms with van der Waals surface area (Å²) in [6.45, 7) is 3.69. The number of hydrogen-bond acceptors (Lipinski definition) is 5. The number of hydrogen-bond donors (Lipinski definition) is 2. The molecule has 2 aromatic rings. The lowest BCUT2D eigenvalue weighted by Gasteiger charge is -1.96. The van der Waals surface area contributed by atoms with Crippen molar-refractivity contribution in [1.82, 2.24) is 4.98 Å². The van der Waals surface area contributed by atoms with Crippen LogP contribution in [0.3, 0.4) is 0 Å². The van der Waals surface area contributed by atoms with Crippen molar-refractivity contribution in [2.75, 3.05) is 11.2 Å². The average Bonchev–Trinajstić information content (AvgIpc) is 2.67. The standard InChI is InChI=1S/C10H11N3S2/c1-2-5-14-10-12-8-4-3-7(13-11)6-9(8)15-10/h2-4,6,13H,1,5,11H2. The van der Waals surface area contributed by atoms with Crippen LogP contribution in [0, 0.1) is 0 Å². The summed E-state index contributed by atoms with van der Waals surface area (Å²) in [5.74, 6) is 6.23. The minimum absolute atomic E-state index is 0.891. The second kappa shape index (κ2) is 4.65. The van der Waals surface area contributed by atoms with Crippen molar-refractivity contribution in [1.29, 1.82) is 0 Å². The van der Waals surface area contributed by atoms with Gasteiger partial charge in [0.05, 0.1) is 15.9 Å². The van der Waals surface area contributed by atoms with Crippen LogP contribution in [0.1, 0.15) is 0 Å². The molecule has 0 atom stereocenters. The molecule has 0 fully saturated rings. The normalized spacial score (nSPS) is 10.5. The lowest BCUT2D eigenvalue weighted by atomic mass is 10.3. The fraction of sp³-hybridized carbons (Fsp3) is 0.100. The number of thioether (sulfide) groups is 1. The Labute approximate surface area is 96.4 Å². The van der Waals surface area contributed by atoms with Gasteiger partial charge in [-0.1, -0.05) is 17.8 Å². The topological polar surface area (TPSA) is 50.9 Å². The molecule has 3 nitrogen and oxygen atoms in total. The van der Waals surface area contributed by atoms with E-state index in [2.05, 4.69) is 17.0 Å². The molecule has 0 bridgehead atoms. The van der Waals surface area contributed by atoms with E-state index >= 15 is 0 Å². The predicted octanol–water partition coefficient (Wildman–Crippen LogP) is 2.86. The van der Waals surface area contributed by atoms with Gasteiger partial charge in [-0.25, -0.2) is 4.98 Å². The van der Waals surface area contributed by atoms with Crippen molar-refractivity contribution in [3.63, 3.8) is 0 Å². The van der Waals surface area contributed by atoms with Crippen molar-refractivity contribution < 1.29 is 0 Å². The first-order chi connectivity index (χ1) is 7.33. The Hall–Kier alpha value is -1.04. The summed E-state index contributed by atoms with van der Waals surface area (Å²) < 4.78 is 2.22. The Bertz CT molecular complexity index is 478. The molecule has 0 unspecified atom stereocenters. The van der Waals surface area contributed by atoms with E-state index in [9.17, 15) is 0 Å². The Balaban J connectivity index is 2.33. The van der Waals surface area contributed by atoms with Gasteiger partial charge in [0.25, 0.3) is 0 Å². The van der Waals surface area contributed by atoms with Gasteiger partial charge in [0.2, 0.25) is 0 Å². The maximum Gasteiger partial charge on any atom is 0.151 e. The third-order valence-corrected chi connectivity index (χ3v) is 4.02. The second-order valence-electron chi connectivity index (χ2n) is 2.91. The first-order valence-corrected chi connectivity index (χ1v) is 6.24. The van der Waals surface area contributed by atoms with Gasteiger partial charge < -0.3 is 5.43 Å². The van der Waals surface area contributed by atoms with E-state index in [-0.39, 0.29) is 0 Å². The van der Waals surface area contributed by atoms with Crippen molar-refractivity contribution in [2.45, 2.75) is 4.34 Å². The van der Waals surface area contributed by atoms with Gasteiger partial charge in [0, 0.05) is 5.75 Å². The summed E-state index contributed by atoms with van der Waals surface area (Å²) >= 11 is 3.37. The van der Waals surface area contributed by atoms with Gasteiger partial charge in [-0.2, -0.15) is 0 Å². The number of nitrogens with two attached hydrogens (primary N) is 1. The largest absolute Gasteiger partial charge is 0.324 e. The van der Waals surface area contributed by atoms with E-state index in [4.69, 9.17) is 5.84 Å². The van der Waals surface area contributed by atoms with E-state index in [0.717, 1.165) is 26.0 Å². The maximum absolute atomic E-state index is 5.34. The van der Waals surface area contributed by atoms with Gasteiger partial charge in [-0.05, 0) is 18.2 Å². The van der Waals surface area contributed by atoms with Crippen LogP contribution < -0.4 is 11.3 Å². The summed E-state index contributed by atoms with van der Waals surface area (Å²) in [5.41, 5.74) is 4.56. The van der Waals surface area contributed by atoms with Crippen molar-refractivity contribution in [3.8, 4) is 0 Å². The number of nitrogen functional groups attached to an aromatic ring is 1. The van der Waals surface area contributed by atoms with Crippen molar-refractivity contribution >= 4 is 39.0 Å². The van der Waals surface area contributed by atoms with Crippen LogP contribution in [-0.4, -0.2) is 10.7 Å². The molecule has 0 aliphatic heterocycles. The monoisotopic (exact) mass is 237 g/mol. The van der Waals surface area contributed by atoms with E-state index < -0.39 is 0 Å². The highest BCUT2D eigenvalue weighted by Gasteiger charge is 2.03. The molecule has 15 heavy (non-hydrogen) atoms. The van der Waals surface area contributed by atoms with Crippen LogP contribution in [-0.2, 0) is 0 Å². The van der Waals surface area contributed by atoms with Crippen LogP contribution in [0.2, 0.25) is 0 Å². The highest BCUT2D eigenvalue weighted by atomic mass is 32.2. The number of benzene rings is 1. The molecule has 0 spiro atoms. The molecule has 0 aliphatic carbocycles. The molecular formula is C10H11N3S2. The number of rotatable bonds is 4. The number of fused-ring (bicyclic) bond motifs is 1. The van der Waals surface area contributed by atoms with Gasteiger partial charge in [0.15, 0.2) is 4.34 Å². The highest BCUT2D eigenvalue weighted by Crippen LogP contribution is 2.30. The molecular weight excluding hydrogens is 226 g/mol. The minimum Gasteiger partial charge on any atom is -0.324 e. The van der Waals surface area contributed by atoms with Crippen molar-refractivity contribution in [2.24, 2.45) is 5.84 Å². The molecule has 5 heteroatoms. The first-order valence-electron chi connectivity index (χ1n) is 4.44. The predicted molar refractivity (Wildman–Crippen MR) is 68.4 cm³/mol. The average molecular weight is 237 g/mol. The molecule has 2 rings (SSSR count). The smallest absolute Gasteiger partial charge is 0.151 e. The highest BCUT2D eigenvalue weighted by molar-refractivity contribution is 8.01. The molecule has 0 saturated heterocycles. The molecule has 78 valence electrons. The lowest BCUT2D eigenvalue weighted by molar-refractivity contribution is 1.30. The summed E-state index contributed by atoms with van der Waals surface area (Å²) in [7, 11) is 0. The molecule has 0 radical (unpaired) electrons. The Kier molecular flexibility index (Phi) is 3.25. The van der Waals surface area contributed by atoms with E-state index in [1.165, 1.54) is 0 Å². The van der Waals surface area contributed by atoms with Gasteiger partial charge in [-0.15, -0.1) is 17.9 Å². The molecule has 1 aromatic carbocycles. The van der Waals surface area contributed by atoms with Crippen LogP contribution in [0.4, 0.5) is 5.69 Å². The van der Waals surface area contributed by atoms with Gasteiger partial charge in [-0.3, -0.25) is 5.84 Å². The Morgan fingerprint density at radius 3 is 3.20 bits per heavy atom. The summed E-state index contributed by atoms with van der Waals surface area (Å²) in [6.07, 6.45) is 1.88. The first kappa shape index (κ1) is 10.5. The molecule has 1 heterocycles. The zero-order valence-corrected chi connectivity index (χ0v) is 9.70. The summed E-state index contributed by atoms with van der Waals surface area (Å²) in [4.78, 5) is 4.49. The zero-order chi connectivity index (χ0) is 10.7. The fourth-order valence-electron chi connectivity index (χ4n) is 1.19. The number of nitrogens with one attached hydrogen (secondary N) is 1. The minimum atomic E-state index is 0.891. The van der Waals surface area contributed by atoms with E-state index in [1.807, 2.05) is 24.3 Å².